The topological polar surface area (TPSA) is 106 Å². The van der Waals surface area contributed by atoms with Crippen molar-refractivity contribution in [1.82, 2.24) is 5.32 Å². The zero-order valence-corrected chi connectivity index (χ0v) is 9.60. The van der Waals surface area contributed by atoms with Crippen LogP contribution in [0.25, 0.3) is 0 Å². The van der Waals surface area contributed by atoms with Crippen LogP contribution in [0, 0.1) is 0 Å². The smallest absolute Gasteiger partial charge is 0.246 e. The molecule has 0 aliphatic rings. The van der Waals surface area contributed by atoms with Crippen LogP contribution in [-0.2, 0) is 14.3 Å². The molecule has 0 aromatic rings. The molecule has 0 aromatic carbocycles. The van der Waals surface area contributed by atoms with Crippen LogP contribution in [-0.4, -0.2) is 49.9 Å². The van der Waals surface area contributed by atoms with Crippen LogP contribution >= 0.6 is 0 Å². The van der Waals surface area contributed by atoms with Gasteiger partial charge in [-0.25, -0.2) is 0 Å². The number of nitrogens with one attached hydrogen (secondary N) is 1. The van der Waals surface area contributed by atoms with Gasteiger partial charge in [0.1, 0.15) is 6.61 Å². The number of hydrogen-bond acceptors (Lipinski definition) is 5. The molecule has 0 bridgehead atoms. The lowest BCUT2D eigenvalue weighted by Gasteiger charge is -2.15. The Bertz CT molecular complexity index is 233. The summed E-state index contributed by atoms with van der Waals surface area (Å²) in [5.41, 5.74) is 5.38. The highest BCUT2D eigenvalue weighted by molar-refractivity contribution is 5.90. The molecule has 4 N–H and O–H groups in total. The van der Waals surface area contributed by atoms with Crippen LogP contribution in [0.15, 0.2) is 5.16 Å². The molecule has 0 saturated carbocycles. The molecule has 1 atom stereocenters. The van der Waals surface area contributed by atoms with Crippen molar-refractivity contribution in [2.24, 2.45) is 10.9 Å². The van der Waals surface area contributed by atoms with E-state index in [1.165, 1.54) is 0 Å². The molecule has 0 radical (unpaired) electrons. The molecule has 16 heavy (non-hydrogen) atoms. The molecule has 0 aliphatic carbocycles. The van der Waals surface area contributed by atoms with Crippen molar-refractivity contribution in [3.63, 3.8) is 0 Å². The summed E-state index contributed by atoms with van der Waals surface area (Å²) in [5, 5.41) is 13.9. The molecule has 0 saturated heterocycles. The molecule has 94 valence electrons. The van der Waals surface area contributed by atoms with Gasteiger partial charge in [-0.2, -0.15) is 0 Å². The second kappa shape index (κ2) is 8.93. The number of hydrogen-bond donors (Lipinski definition) is 3. The molecule has 0 aliphatic heterocycles. The molecular weight excluding hydrogens is 214 g/mol. The van der Waals surface area contributed by atoms with Crippen molar-refractivity contribution in [3.05, 3.63) is 0 Å². The van der Waals surface area contributed by atoms with Crippen LogP contribution in [0.4, 0.5) is 0 Å². The molecular formula is C9H19N3O4. The van der Waals surface area contributed by atoms with E-state index in [4.69, 9.17) is 20.4 Å². The monoisotopic (exact) mass is 233 g/mol. The van der Waals surface area contributed by atoms with E-state index in [-0.39, 0.29) is 18.3 Å². The lowest BCUT2D eigenvalue weighted by Crippen LogP contribution is -2.45. The predicted octanol–water partition coefficient (Wildman–Crippen LogP) is -0.709. The number of methoxy groups -OCH3 is 1. The number of oxime groups is 1. The average Bonchev–Trinajstić information content (AvgIpc) is 2.30. The molecule has 1 unspecified atom stereocenters. The average molecular weight is 233 g/mol. The Morgan fingerprint density at radius 3 is 2.75 bits per heavy atom. The molecule has 7 nitrogen and oxygen atoms in total. The summed E-state index contributed by atoms with van der Waals surface area (Å²) in [7, 11) is 1.55. The molecule has 0 spiro atoms. The van der Waals surface area contributed by atoms with Gasteiger partial charge < -0.3 is 25.7 Å². The largest absolute Gasteiger partial charge is 0.409 e. The number of amides is 1. The van der Waals surface area contributed by atoms with Crippen LogP contribution in [0.1, 0.15) is 13.3 Å². The van der Waals surface area contributed by atoms with E-state index < -0.39 is 6.04 Å². The van der Waals surface area contributed by atoms with Gasteiger partial charge in [0.05, 0.1) is 19.3 Å². The number of amidine groups is 1. The van der Waals surface area contributed by atoms with Gasteiger partial charge in [0.2, 0.25) is 5.91 Å². The molecule has 0 rings (SSSR count). The Labute approximate surface area is 94.6 Å². The standard InChI is InChI=1S/C9H19N3O4/c1-3-7(9(10)12-14)11-8(13)6-16-5-4-15-2/h7,14H,3-6H2,1-2H3,(H2,10,12)(H,11,13). The van der Waals surface area contributed by atoms with E-state index >= 15 is 0 Å². The molecule has 0 heterocycles. The summed E-state index contributed by atoms with van der Waals surface area (Å²) in [4.78, 5) is 11.3. The Morgan fingerprint density at radius 2 is 2.25 bits per heavy atom. The lowest BCUT2D eigenvalue weighted by molar-refractivity contribution is -0.126. The van der Waals surface area contributed by atoms with Crippen LogP contribution < -0.4 is 11.1 Å². The van der Waals surface area contributed by atoms with Gasteiger partial charge in [0.25, 0.3) is 0 Å². The number of carbonyl (C=O) groups is 1. The van der Waals surface area contributed by atoms with Gasteiger partial charge in [-0.05, 0) is 6.42 Å². The number of nitrogens with two attached hydrogens (primary N) is 1. The van der Waals surface area contributed by atoms with Crippen LogP contribution in [0.3, 0.4) is 0 Å². The predicted molar refractivity (Wildman–Crippen MR) is 58.3 cm³/mol. The lowest BCUT2D eigenvalue weighted by atomic mass is 10.2. The fourth-order valence-corrected chi connectivity index (χ4v) is 0.998. The van der Waals surface area contributed by atoms with E-state index in [0.717, 1.165) is 0 Å². The van der Waals surface area contributed by atoms with E-state index in [0.29, 0.717) is 19.6 Å². The van der Waals surface area contributed by atoms with Crippen molar-refractivity contribution in [1.29, 1.82) is 0 Å². The van der Waals surface area contributed by atoms with E-state index in [1.54, 1.807) is 7.11 Å². The molecule has 0 aromatic heterocycles. The van der Waals surface area contributed by atoms with E-state index in [1.807, 2.05) is 6.92 Å². The number of ether oxygens (including phenoxy) is 2. The van der Waals surface area contributed by atoms with Crippen LogP contribution in [0.5, 0.6) is 0 Å². The quantitative estimate of drug-likeness (QED) is 0.169. The van der Waals surface area contributed by atoms with Gasteiger partial charge in [-0.3, -0.25) is 4.79 Å². The Kier molecular flexibility index (Phi) is 8.18. The fraction of sp³-hybridized carbons (Fsp3) is 0.778. The summed E-state index contributed by atoms with van der Waals surface area (Å²) in [6.07, 6.45) is 0.541. The van der Waals surface area contributed by atoms with E-state index in [2.05, 4.69) is 10.5 Å². The number of nitrogens with zero attached hydrogens (tertiary/aromatic N) is 1. The Hall–Kier alpha value is -1.34. The first-order chi connectivity index (χ1) is 7.65. The highest BCUT2D eigenvalue weighted by atomic mass is 16.5. The second-order valence-corrected chi connectivity index (χ2v) is 3.10. The Morgan fingerprint density at radius 1 is 1.56 bits per heavy atom. The summed E-state index contributed by atoms with van der Waals surface area (Å²) < 4.78 is 9.77. The van der Waals surface area contributed by atoms with Crippen molar-refractivity contribution in [3.8, 4) is 0 Å². The number of rotatable bonds is 8. The maximum absolute atomic E-state index is 11.3. The first-order valence-corrected chi connectivity index (χ1v) is 4.99. The van der Waals surface area contributed by atoms with Gasteiger partial charge in [-0.1, -0.05) is 12.1 Å². The first-order valence-electron chi connectivity index (χ1n) is 4.99. The van der Waals surface area contributed by atoms with Crippen molar-refractivity contribution in [2.75, 3.05) is 26.9 Å². The SMILES string of the molecule is CCC(NC(=O)COCCOC)C(N)=NO. The van der Waals surface area contributed by atoms with Crippen molar-refractivity contribution >= 4 is 11.7 Å². The van der Waals surface area contributed by atoms with E-state index in [9.17, 15) is 4.79 Å². The summed E-state index contributed by atoms with van der Waals surface area (Å²) in [6.45, 7) is 2.53. The summed E-state index contributed by atoms with van der Waals surface area (Å²) >= 11 is 0. The zero-order valence-electron chi connectivity index (χ0n) is 9.60. The van der Waals surface area contributed by atoms with Gasteiger partial charge in [0, 0.05) is 7.11 Å². The highest BCUT2D eigenvalue weighted by Crippen LogP contribution is 1.91. The zero-order chi connectivity index (χ0) is 12.4. The Balaban J connectivity index is 3.84. The van der Waals surface area contributed by atoms with Crippen LogP contribution in [0.2, 0.25) is 0 Å². The third-order valence-corrected chi connectivity index (χ3v) is 1.88. The minimum atomic E-state index is -0.469. The van der Waals surface area contributed by atoms with Gasteiger partial charge in [0.15, 0.2) is 5.84 Å². The minimum absolute atomic E-state index is 0.0206. The third kappa shape index (κ3) is 6.20. The maximum atomic E-state index is 11.3. The second-order valence-electron chi connectivity index (χ2n) is 3.10. The molecule has 1 amide bonds. The fourth-order valence-electron chi connectivity index (χ4n) is 0.998. The van der Waals surface area contributed by atoms with Gasteiger partial charge in [-0.15, -0.1) is 0 Å². The van der Waals surface area contributed by atoms with Crippen molar-refractivity contribution in [2.45, 2.75) is 19.4 Å². The summed E-state index contributed by atoms with van der Waals surface area (Å²) in [6, 6.07) is -0.469. The number of carbonyl (C=O) groups excluding carboxylic acids is 1. The molecule has 7 heteroatoms. The molecule has 0 fully saturated rings. The highest BCUT2D eigenvalue weighted by Gasteiger charge is 2.14. The maximum Gasteiger partial charge on any atom is 0.246 e. The normalized spacial score (nSPS) is 13.5. The van der Waals surface area contributed by atoms with Crippen molar-refractivity contribution < 1.29 is 19.5 Å². The third-order valence-electron chi connectivity index (χ3n) is 1.88. The summed E-state index contributed by atoms with van der Waals surface area (Å²) in [5.74, 6) is -0.331. The minimum Gasteiger partial charge on any atom is -0.409 e. The first kappa shape index (κ1) is 14.7. The van der Waals surface area contributed by atoms with Gasteiger partial charge >= 0.3 is 0 Å².